The first kappa shape index (κ1) is 21.0. The number of piperazine rings is 1. The molecule has 1 unspecified atom stereocenters. The average molecular weight is 495 g/mol. The van der Waals surface area contributed by atoms with E-state index in [0.717, 1.165) is 59.4 Å². The number of fused-ring (bicyclic) bond motifs is 3. The maximum atomic E-state index is 6.32. The summed E-state index contributed by atoms with van der Waals surface area (Å²) < 4.78 is 2.12. The molecule has 168 valence electrons. The molecule has 0 amide bonds. The number of thiophene rings is 2. The van der Waals surface area contributed by atoms with Gasteiger partial charge in [0.15, 0.2) is 11.5 Å². The second kappa shape index (κ2) is 8.36. The molecule has 9 heteroatoms. The molecule has 0 saturated carbocycles. The molecule has 1 aliphatic rings. The largest absolute Gasteiger partial charge is 0.339 e. The molecule has 0 aliphatic carbocycles. The van der Waals surface area contributed by atoms with E-state index in [2.05, 4.69) is 61.1 Å². The van der Waals surface area contributed by atoms with Crippen molar-refractivity contribution in [3.05, 3.63) is 62.6 Å². The van der Waals surface area contributed by atoms with Gasteiger partial charge in [-0.25, -0.2) is 9.38 Å². The van der Waals surface area contributed by atoms with Gasteiger partial charge in [-0.05, 0) is 60.5 Å². The van der Waals surface area contributed by atoms with Crippen LogP contribution in [0, 0.1) is 6.92 Å². The summed E-state index contributed by atoms with van der Waals surface area (Å²) in [6.45, 7) is 8.27. The lowest BCUT2D eigenvalue weighted by molar-refractivity contribution is 0.181. The fourth-order valence-corrected chi connectivity index (χ4v) is 6.33. The lowest BCUT2D eigenvalue weighted by Crippen LogP contribution is -2.52. The van der Waals surface area contributed by atoms with Crippen molar-refractivity contribution in [2.45, 2.75) is 26.4 Å². The summed E-state index contributed by atoms with van der Waals surface area (Å²) in [5, 5.41) is 15.0. The Kier molecular flexibility index (Phi) is 5.33. The highest BCUT2D eigenvalue weighted by Gasteiger charge is 2.28. The summed E-state index contributed by atoms with van der Waals surface area (Å²) in [6, 6.07) is 12.5. The monoisotopic (exact) mass is 494 g/mol. The van der Waals surface area contributed by atoms with Crippen molar-refractivity contribution >= 4 is 56.8 Å². The number of rotatable bonds is 4. The lowest BCUT2D eigenvalue weighted by Gasteiger charge is -2.40. The molecule has 5 heterocycles. The number of aryl methyl sites for hydroxylation is 1. The Morgan fingerprint density at radius 1 is 1.09 bits per heavy atom. The van der Waals surface area contributed by atoms with Gasteiger partial charge in [0.05, 0.1) is 10.4 Å². The van der Waals surface area contributed by atoms with Crippen molar-refractivity contribution in [2.24, 2.45) is 0 Å². The van der Waals surface area contributed by atoms with Crippen LogP contribution in [0.2, 0.25) is 5.02 Å². The van der Waals surface area contributed by atoms with Gasteiger partial charge in [0.2, 0.25) is 5.95 Å². The summed E-state index contributed by atoms with van der Waals surface area (Å²) >= 11 is 9.83. The maximum absolute atomic E-state index is 6.32. The van der Waals surface area contributed by atoms with Crippen molar-refractivity contribution in [3.63, 3.8) is 0 Å². The fourth-order valence-electron chi connectivity index (χ4n) is 4.53. The lowest BCUT2D eigenvalue weighted by atomic mass is 10.1. The molecular weight excluding hydrogens is 472 g/mol. The summed E-state index contributed by atoms with van der Waals surface area (Å²) in [5.41, 5.74) is 3.05. The molecule has 0 bridgehead atoms. The number of aromatic nitrogens is 4. The molecule has 1 atom stereocenters. The van der Waals surface area contributed by atoms with Gasteiger partial charge in [-0.2, -0.15) is 0 Å². The predicted molar refractivity (Wildman–Crippen MR) is 138 cm³/mol. The van der Waals surface area contributed by atoms with Crippen LogP contribution < -0.4 is 4.90 Å². The van der Waals surface area contributed by atoms with E-state index in [1.807, 2.05) is 35.6 Å². The normalized spacial score (nSPS) is 17.4. The first-order valence-electron chi connectivity index (χ1n) is 11.0. The van der Waals surface area contributed by atoms with Crippen LogP contribution in [0.4, 0.5) is 5.95 Å². The van der Waals surface area contributed by atoms with Gasteiger partial charge < -0.3 is 4.90 Å². The second-order valence-electron chi connectivity index (χ2n) is 8.53. The number of anilines is 1. The third kappa shape index (κ3) is 3.71. The zero-order valence-electron chi connectivity index (χ0n) is 18.4. The highest BCUT2D eigenvalue weighted by Crippen LogP contribution is 2.32. The summed E-state index contributed by atoms with van der Waals surface area (Å²) in [7, 11) is 0. The van der Waals surface area contributed by atoms with Crippen molar-refractivity contribution in [1.29, 1.82) is 0 Å². The Morgan fingerprint density at radius 2 is 2.00 bits per heavy atom. The molecule has 5 aromatic rings. The standard InChI is InChI=1S/C24H23ClN6S2/c1-15-7-11-33-21(15)14-29-8-9-30(13-16(29)2)24-26-19-12-17(25)5-6-18(19)22-27-28-23(31(22)24)20-4-3-10-32-20/h3-7,10-12,16H,8-9,13-14H2,1-2H3. The third-order valence-electron chi connectivity index (χ3n) is 6.39. The van der Waals surface area contributed by atoms with Crippen LogP contribution in [0.25, 0.3) is 27.3 Å². The summed E-state index contributed by atoms with van der Waals surface area (Å²) in [6.07, 6.45) is 0. The van der Waals surface area contributed by atoms with Gasteiger partial charge in [-0.1, -0.05) is 17.7 Å². The first-order chi connectivity index (χ1) is 16.1. The topological polar surface area (TPSA) is 49.6 Å². The molecule has 1 saturated heterocycles. The van der Waals surface area contributed by atoms with Crippen LogP contribution in [-0.2, 0) is 6.54 Å². The first-order valence-corrected chi connectivity index (χ1v) is 13.1. The van der Waals surface area contributed by atoms with Gasteiger partial charge in [0.25, 0.3) is 0 Å². The molecule has 6 rings (SSSR count). The molecule has 33 heavy (non-hydrogen) atoms. The molecule has 1 aliphatic heterocycles. The average Bonchev–Trinajstić information content (AvgIpc) is 3.55. The van der Waals surface area contributed by atoms with Gasteiger partial charge in [-0.3, -0.25) is 4.90 Å². The minimum Gasteiger partial charge on any atom is -0.339 e. The van der Waals surface area contributed by atoms with Crippen molar-refractivity contribution in [1.82, 2.24) is 24.5 Å². The highest BCUT2D eigenvalue weighted by atomic mass is 35.5. The number of hydrogen-bond donors (Lipinski definition) is 0. The van der Waals surface area contributed by atoms with E-state index in [4.69, 9.17) is 16.6 Å². The Bertz CT molecular complexity index is 1440. The number of halogens is 1. The van der Waals surface area contributed by atoms with Crippen LogP contribution in [0.3, 0.4) is 0 Å². The number of hydrogen-bond acceptors (Lipinski definition) is 7. The molecule has 0 spiro atoms. The van der Waals surface area contributed by atoms with Crippen LogP contribution >= 0.6 is 34.3 Å². The Hall–Kier alpha value is -2.52. The molecule has 6 nitrogen and oxygen atoms in total. The van der Waals surface area contributed by atoms with E-state index < -0.39 is 0 Å². The zero-order chi connectivity index (χ0) is 22.5. The Morgan fingerprint density at radius 3 is 2.76 bits per heavy atom. The Labute approximate surface area is 205 Å². The Balaban J connectivity index is 1.42. The van der Waals surface area contributed by atoms with E-state index in [1.165, 1.54) is 10.4 Å². The third-order valence-corrected chi connectivity index (χ3v) is 8.50. The SMILES string of the molecule is Cc1ccsc1CN1CCN(c2nc3cc(Cl)ccc3c3nnc(-c4cccs4)n23)CC1C. The minimum absolute atomic E-state index is 0.397. The van der Waals surface area contributed by atoms with Gasteiger partial charge in [0.1, 0.15) is 0 Å². The van der Waals surface area contributed by atoms with Crippen LogP contribution in [0.1, 0.15) is 17.4 Å². The van der Waals surface area contributed by atoms with E-state index in [-0.39, 0.29) is 0 Å². The minimum atomic E-state index is 0.397. The van der Waals surface area contributed by atoms with Gasteiger partial charge in [-0.15, -0.1) is 32.9 Å². The van der Waals surface area contributed by atoms with Crippen molar-refractivity contribution in [2.75, 3.05) is 24.5 Å². The van der Waals surface area contributed by atoms with Crippen LogP contribution in [-0.4, -0.2) is 50.2 Å². The quantitative estimate of drug-likeness (QED) is 0.319. The molecule has 0 radical (unpaired) electrons. The molecule has 0 N–H and O–H groups in total. The zero-order valence-corrected chi connectivity index (χ0v) is 20.8. The summed E-state index contributed by atoms with van der Waals surface area (Å²) in [4.78, 5) is 12.6. The summed E-state index contributed by atoms with van der Waals surface area (Å²) in [5.74, 6) is 1.72. The number of nitrogens with zero attached hydrogens (tertiary/aromatic N) is 6. The maximum Gasteiger partial charge on any atom is 0.213 e. The van der Waals surface area contributed by atoms with Crippen LogP contribution in [0.5, 0.6) is 0 Å². The number of benzene rings is 1. The van der Waals surface area contributed by atoms with Crippen LogP contribution in [0.15, 0.2) is 47.2 Å². The molecular formula is C24H23ClN6S2. The predicted octanol–water partition coefficient (Wildman–Crippen LogP) is 5.74. The van der Waals surface area contributed by atoms with Gasteiger partial charge in [0, 0.05) is 47.5 Å². The van der Waals surface area contributed by atoms with E-state index in [1.54, 1.807) is 11.3 Å². The van der Waals surface area contributed by atoms with E-state index >= 15 is 0 Å². The highest BCUT2D eigenvalue weighted by molar-refractivity contribution is 7.13. The van der Waals surface area contributed by atoms with E-state index in [0.29, 0.717) is 11.1 Å². The fraction of sp³-hybridized carbons (Fsp3) is 0.292. The van der Waals surface area contributed by atoms with Crippen molar-refractivity contribution in [3.8, 4) is 10.7 Å². The van der Waals surface area contributed by atoms with Crippen molar-refractivity contribution < 1.29 is 0 Å². The molecule has 1 aromatic carbocycles. The molecule has 4 aromatic heterocycles. The second-order valence-corrected chi connectivity index (χ2v) is 10.9. The van der Waals surface area contributed by atoms with Gasteiger partial charge >= 0.3 is 0 Å². The van der Waals surface area contributed by atoms with E-state index in [9.17, 15) is 0 Å². The smallest absolute Gasteiger partial charge is 0.213 e. The molecule has 1 fully saturated rings.